The lowest BCUT2D eigenvalue weighted by molar-refractivity contribution is -0.131. The molecule has 0 aliphatic rings. The van der Waals surface area contributed by atoms with Crippen LogP contribution in [0.5, 0.6) is 17.2 Å². The number of hydrogen-bond acceptors (Lipinski definition) is 4. The van der Waals surface area contributed by atoms with E-state index in [2.05, 4.69) is 0 Å². The number of hydrogen-bond donors (Lipinski definition) is 1. The van der Waals surface area contributed by atoms with Crippen LogP contribution < -0.4 is 14.2 Å². The van der Waals surface area contributed by atoms with Crippen molar-refractivity contribution >= 4 is 23.6 Å². The molecule has 0 bridgehead atoms. The van der Waals surface area contributed by atoms with Gasteiger partial charge in [-0.05, 0) is 12.1 Å². The molecule has 6 heteroatoms. The second-order valence-electron chi connectivity index (χ2n) is 3.22. The second kappa shape index (κ2) is 6.16. The minimum atomic E-state index is -1.07. The van der Waals surface area contributed by atoms with Crippen LogP contribution in [0.3, 0.4) is 0 Å². The highest BCUT2D eigenvalue weighted by Crippen LogP contribution is 2.44. The van der Waals surface area contributed by atoms with Crippen molar-refractivity contribution in [2.75, 3.05) is 21.3 Å². The third kappa shape index (κ3) is 2.87. The van der Waals surface area contributed by atoms with E-state index in [4.69, 9.17) is 30.9 Å². The van der Waals surface area contributed by atoms with E-state index in [1.807, 2.05) is 0 Å². The summed E-state index contributed by atoms with van der Waals surface area (Å²) in [5.41, 5.74) is 0.466. The Bertz CT molecular complexity index is 482. The lowest BCUT2D eigenvalue weighted by Gasteiger charge is -2.15. The minimum absolute atomic E-state index is 0.257. The number of ether oxygens (including phenoxy) is 3. The van der Waals surface area contributed by atoms with Gasteiger partial charge in [-0.3, -0.25) is 0 Å². The fraction of sp³-hybridized carbons (Fsp3) is 0.250. The first kappa shape index (κ1) is 14.2. The number of carboxylic acids is 1. The maximum absolute atomic E-state index is 10.5. The van der Waals surface area contributed by atoms with Gasteiger partial charge in [0.1, 0.15) is 0 Å². The molecule has 5 nitrogen and oxygen atoms in total. The molecule has 18 heavy (non-hydrogen) atoms. The summed E-state index contributed by atoms with van der Waals surface area (Å²) >= 11 is 6.10. The average molecular weight is 273 g/mol. The molecule has 0 atom stereocenters. The predicted octanol–water partition coefficient (Wildman–Crippen LogP) is 2.46. The van der Waals surface area contributed by atoms with Crippen molar-refractivity contribution in [3.63, 3.8) is 0 Å². The summed E-state index contributed by atoms with van der Waals surface area (Å²) in [6, 6.07) is 1.57. The van der Waals surface area contributed by atoms with Gasteiger partial charge in [-0.15, -0.1) is 0 Å². The number of carbonyl (C=O) groups is 1. The van der Waals surface area contributed by atoms with E-state index in [1.54, 1.807) is 6.07 Å². The van der Waals surface area contributed by atoms with Crippen molar-refractivity contribution in [2.24, 2.45) is 0 Å². The van der Waals surface area contributed by atoms with Crippen molar-refractivity contribution in [3.8, 4) is 17.2 Å². The summed E-state index contributed by atoms with van der Waals surface area (Å²) in [7, 11) is 4.37. The number of benzene rings is 1. The van der Waals surface area contributed by atoms with Crippen molar-refractivity contribution in [2.45, 2.75) is 0 Å². The Hall–Kier alpha value is -1.88. The Morgan fingerprint density at radius 1 is 1.22 bits per heavy atom. The first-order valence-corrected chi connectivity index (χ1v) is 5.32. The third-order valence-corrected chi connectivity index (χ3v) is 2.59. The molecule has 0 spiro atoms. The van der Waals surface area contributed by atoms with Crippen LogP contribution >= 0.6 is 11.6 Å². The molecule has 1 aromatic carbocycles. The van der Waals surface area contributed by atoms with E-state index in [0.29, 0.717) is 22.8 Å². The number of aliphatic carboxylic acids is 1. The highest BCUT2D eigenvalue weighted by Gasteiger charge is 2.18. The van der Waals surface area contributed by atoms with Crippen LogP contribution in [-0.4, -0.2) is 32.4 Å². The zero-order valence-corrected chi connectivity index (χ0v) is 10.9. The normalized spacial score (nSPS) is 10.4. The van der Waals surface area contributed by atoms with Crippen molar-refractivity contribution in [1.82, 2.24) is 0 Å². The molecular weight excluding hydrogens is 260 g/mol. The third-order valence-electron chi connectivity index (χ3n) is 2.20. The number of methoxy groups -OCH3 is 3. The predicted molar refractivity (Wildman–Crippen MR) is 67.8 cm³/mol. The molecule has 0 aliphatic carbocycles. The molecule has 0 radical (unpaired) electrons. The van der Waals surface area contributed by atoms with Crippen LogP contribution in [0, 0.1) is 0 Å². The topological polar surface area (TPSA) is 65.0 Å². The summed E-state index contributed by atoms with van der Waals surface area (Å²) in [4.78, 5) is 10.5. The van der Waals surface area contributed by atoms with Crippen LogP contribution in [0.1, 0.15) is 5.56 Å². The van der Waals surface area contributed by atoms with Crippen LogP contribution in [0.4, 0.5) is 0 Å². The average Bonchev–Trinajstić information content (AvgIpc) is 2.36. The Morgan fingerprint density at radius 2 is 1.83 bits per heavy atom. The molecule has 0 aromatic heterocycles. The van der Waals surface area contributed by atoms with Gasteiger partial charge in [0.25, 0.3) is 0 Å². The Kier molecular flexibility index (Phi) is 4.85. The first-order valence-electron chi connectivity index (χ1n) is 4.94. The van der Waals surface area contributed by atoms with Crippen molar-refractivity contribution in [1.29, 1.82) is 0 Å². The Morgan fingerprint density at radius 3 is 2.28 bits per heavy atom. The molecule has 0 saturated carbocycles. The summed E-state index contributed by atoms with van der Waals surface area (Å²) < 4.78 is 15.4. The fourth-order valence-electron chi connectivity index (χ4n) is 1.42. The molecule has 0 saturated heterocycles. The number of rotatable bonds is 5. The van der Waals surface area contributed by atoms with E-state index < -0.39 is 5.97 Å². The van der Waals surface area contributed by atoms with Crippen LogP contribution in [0.25, 0.3) is 6.08 Å². The van der Waals surface area contributed by atoms with E-state index >= 15 is 0 Å². The van der Waals surface area contributed by atoms with Gasteiger partial charge in [0, 0.05) is 11.6 Å². The SMILES string of the molecule is COc1cc(/C=C/C(=O)O)c(Cl)c(OC)c1OC. The van der Waals surface area contributed by atoms with Gasteiger partial charge in [0.15, 0.2) is 11.5 Å². The standard InChI is InChI=1S/C12H13ClO5/c1-16-8-6-7(4-5-9(14)15)10(13)12(18-3)11(8)17-2/h4-6H,1-3H3,(H,14,15)/b5-4+. The maximum Gasteiger partial charge on any atom is 0.328 e. The van der Waals surface area contributed by atoms with Crippen LogP contribution in [-0.2, 0) is 4.79 Å². The largest absolute Gasteiger partial charge is 0.493 e. The molecule has 0 fully saturated rings. The maximum atomic E-state index is 10.5. The number of halogens is 1. The summed E-state index contributed by atoms with van der Waals surface area (Å²) in [5, 5.41) is 8.86. The van der Waals surface area contributed by atoms with Gasteiger partial charge in [-0.25, -0.2) is 4.79 Å². The second-order valence-corrected chi connectivity index (χ2v) is 3.60. The highest BCUT2D eigenvalue weighted by molar-refractivity contribution is 6.34. The van der Waals surface area contributed by atoms with E-state index in [9.17, 15) is 4.79 Å². The van der Waals surface area contributed by atoms with E-state index in [-0.39, 0.29) is 5.02 Å². The molecule has 98 valence electrons. The summed E-state index contributed by atoms with van der Waals surface area (Å²) in [6.07, 6.45) is 2.34. The molecule has 0 unspecified atom stereocenters. The van der Waals surface area contributed by atoms with Crippen LogP contribution in [0.15, 0.2) is 12.1 Å². The fourth-order valence-corrected chi connectivity index (χ4v) is 1.70. The van der Waals surface area contributed by atoms with Gasteiger partial charge in [0.05, 0.1) is 26.4 Å². The molecule has 0 aliphatic heterocycles. The molecular formula is C12H13ClO5. The zero-order chi connectivity index (χ0) is 13.7. The van der Waals surface area contributed by atoms with E-state index in [1.165, 1.54) is 27.4 Å². The molecule has 0 heterocycles. The minimum Gasteiger partial charge on any atom is -0.493 e. The molecule has 1 rings (SSSR count). The quantitative estimate of drug-likeness (QED) is 0.834. The van der Waals surface area contributed by atoms with Crippen molar-refractivity contribution < 1.29 is 24.1 Å². The van der Waals surface area contributed by atoms with E-state index in [0.717, 1.165) is 6.08 Å². The van der Waals surface area contributed by atoms with Crippen molar-refractivity contribution in [3.05, 3.63) is 22.7 Å². The Balaban J connectivity index is 3.41. The smallest absolute Gasteiger partial charge is 0.328 e. The monoisotopic (exact) mass is 272 g/mol. The van der Waals surface area contributed by atoms with Gasteiger partial charge in [-0.2, -0.15) is 0 Å². The molecule has 1 aromatic rings. The highest BCUT2D eigenvalue weighted by atomic mass is 35.5. The lowest BCUT2D eigenvalue weighted by atomic mass is 10.1. The van der Waals surface area contributed by atoms with Crippen LogP contribution in [0.2, 0.25) is 5.02 Å². The zero-order valence-electron chi connectivity index (χ0n) is 10.2. The van der Waals surface area contributed by atoms with Gasteiger partial charge < -0.3 is 19.3 Å². The summed E-state index contributed by atoms with van der Waals surface area (Å²) in [5.74, 6) is -0.00959. The number of carboxylic acid groups (broad SMARTS) is 1. The van der Waals surface area contributed by atoms with Gasteiger partial charge >= 0.3 is 5.97 Å². The Labute approximate surface area is 110 Å². The van der Waals surface area contributed by atoms with Gasteiger partial charge in [-0.1, -0.05) is 11.6 Å². The lowest BCUT2D eigenvalue weighted by Crippen LogP contribution is -1.97. The first-order chi connectivity index (χ1) is 8.54. The summed E-state index contributed by atoms with van der Waals surface area (Å²) in [6.45, 7) is 0. The van der Waals surface area contributed by atoms with Gasteiger partial charge in [0.2, 0.25) is 5.75 Å². The molecule has 1 N–H and O–H groups in total. The molecule has 0 amide bonds.